The number of piperidine rings is 1. The van der Waals surface area contributed by atoms with Crippen molar-refractivity contribution in [3.63, 3.8) is 0 Å². The number of nitrogens with zero attached hydrogens (tertiary/aromatic N) is 2. The summed E-state index contributed by atoms with van der Waals surface area (Å²) in [5.74, 6) is -0.124. The summed E-state index contributed by atoms with van der Waals surface area (Å²) in [6.45, 7) is 9.84. The fourth-order valence-corrected chi connectivity index (χ4v) is 2.54. The predicted molar refractivity (Wildman–Crippen MR) is 84.3 cm³/mol. The summed E-state index contributed by atoms with van der Waals surface area (Å²) in [7, 11) is 0. The summed E-state index contributed by atoms with van der Waals surface area (Å²) < 4.78 is 0. The van der Waals surface area contributed by atoms with E-state index < -0.39 is 5.97 Å². The summed E-state index contributed by atoms with van der Waals surface area (Å²) >= 11 is 0. The first-order valence-corrected chi connectivity index (χ1v) is 7.30. The zero-order valence-corrected chi connectivity index (χ0v) is 12.7. The Morgan fingerprint density at radius 2 is 2.14 bits per heavy atom. The van der Waals surface area contributed by atoms with Gasteiger partial charge in [0.1, 0.15) is 0 Å². The summed E-state index contributed by atoms with van der Waals surface area (Å²) in [5, 5.41) is 4.10. The fourth-order valence-electron chi connectivity index (χ4n) is 2.54. The number of likely N-dealkylation sites (tertiary alicyclic amines) is 1. The number of benzene rings is 1. The van der Waals surface area contributed by atoms with Crippen molar-refractivity contribution in [1.29, 1.82) is 0 Å². The van der Waals surface area contributed by atoms with Crippen LogP contribution in [0.5, 0.6) is 0 Å². The van der Waals surface area contributed by atoms with Gasteiger partial charge in [0.15, 0.2) is 0 Å². The molecule has 2 rings (SSSR count). The van der Waals surface area contributed by atoms with E-state index in [1.807, 2.05) is 24.3 Å². The molecule has 0 bridgehead atoms. The van der Waals surface area contributed by atoms with Crippen LogP contribution in [0.1, 0.15) is 30.6 Å². The van der Waals surface area contributed by atoms with Crippen LogP contribution in [0.3, 0.4) is 0 Å². The zero-order valence-electron chi connectivity index (χ0n) is 12.7. The van der Waals surface area contributed by atoms with Crippen LogP contribution < -0.4 is 0 Å². The molecule has 0 spiro atoms. The molecule has 2 atom stereocenters. The smallest absolute Gasteiger partial charge is 0.313 e. The molecule has 1 fully saturated rings. The van der Waals surface area contributed by atoms with Crippen LogP contribution in [0.15, 0.2) is 48.1 Å². The number of hydrogen-bond acceptors (Lipinski definition) is 4. The second-order valence-electron chi connectivity index (χ2n) is 5.52. The Morgan fingerprint density at radius 1 is 1.43 bits per heavy atom. The van der Waals surface area contributed by atoms with E-state index >= 15 is 0 Å². The van der Waals surface area contributed by atoms with Gasteiger partial charge in [-0.15, -0.1) is 6.58 Å². The van der Waals surface area contributed by atoms with Gasteiger partial charge < -0.3 is 4.84 Å². The van der Waals surface area contributed by atoms with Crippen LogP contribution in [-0.4, -0.2) is 35.7 Å². The van der Waals surface area contributed by atoms with E-state index in [1.54, 1.807) is 12.1 Å². The molecule has 0 aromatic heterocycles. The van der Waals surface area contributed by atoms with Crippen molar-refractivity contribution in [3.05, 3.63) is 48.6 Å². The van der Waals surface area contributed by atoms with E-state index in [0.717, 1.165) is 25.2 Å². The van der Waals surface area contributed by atoms with Crippen LogP contribution in [0.4, 0.5) is 0 Å². The molecule has 1 aliphatic rings. The molecule has 4 heteroatoms. The summed E-state index contributed by atoms with van der Waals surface area (Å²) in [5.41, 5.74) is 1.47. The molecular weight excluding hydrogens is 264 g/mol. The molecule has 0 unspecified atom stereocenters. The summed E-state index contributed by atoms with van der Waals surface area (Å²) in [6, 6.07) is 9.31. The summed E-state index contributed by atoms with van der Waals surface area (Å²) in [6.07, 6.45) is 2.73. The highest BCUT2D eigenvalue weighted by molar-refractivity contribution is 5.91. The monoisotopic (exact) mass is 286 g/mol. The Bertz CT molecular complexity index is 525. The number of oxime groups is 1. The van der Waals surface area contributed by atoms with Gasteiger partial charge in [-0.3, -0.25) is 4.90 Å². The number of carbonyl (C=O) groups excluding carboxylic acids is 1. The topological polar surface area (TPSA) is 41.9 Å². The second kappa shape index (κ2) is 7.18. The lowest BCUT2D eigenvalue weighted by Gasteiger charge is -2.36. The molecular formula is C17H22N2O2. The predicted octanol–water partition coefficient (Wildman–Crippen LogP) is 3.12. The third-order valence-electron chi connectivity index (χ3n) is 3.82. The van der Waals surface area contributed by atoms with Crippen LogP contribution in [-0.2, 0) is 4.84 Å². The molecule has 0 aliphatic carbocycles. The fraction of sp³-hybridized carbons (Fsp3) is 0.412. The zero-order chi connectivity index (χ0) is 15.2. The van der Waals surface area contributed by atoms with Crippen molar-refractivity contribution < 1.29 is 9.63 Å². The van der Waals surface area contributed by atoms with Crippen LogP contribution in [0.25, 0.3) is 0 Å². The highest BCUT2D eigenvalue weighted by atomic mass is 16.7. The molecule has 0 amide bonds. The normalized spacial score (nSPS) is 24.8. The molecule has 1 saturated heterocycles. The van der Waals surface area contributed by atoms with Gasteiger partial charge in [-0.05, 0) is 19.1 Å². The van der Waals surface area contributed by atoms with Gasteiger partial charge in [0.25, 0.3) is 0 Å². The maximum Gasteiger partial charge on any atom is 0.365 e. The number of hydrogen-bond donors (Lipinski definition) is 0. The second-order valence-corrected chi connectivity index (χ2v) is 5.52. The highest BCUT2D eigenvalue weighted by Gasteiger charge is 2.27. The Kier molecular flexibility index (Phi) is 5.28. The quantitative estimate of drug-likeness (QED) is 0.485. The van der Waals surface area contributed by atoms with E-state index in [4.69, 9.17) is 4.84 Å². The molecule has 0 saturated carbocycles. The van der Waals surface area contributed by atoms with E-state index in [2.05, 4.69) is 30.5 Å². The Labute approximate surface area is 126 Å². The first-order chi connectivity index (χ1) is 10.1. The molecule has 1 heterocycles. The van der Waals surface area contributed by atoms with Crippen molar-refractivity contribution in [2.24, 2.45) is 11.1 Å². The Balaban J connectivity index is 1.98. The van der Waals surface area contributed by atoms with Gasteiger partial charge >= 0.3 is 5.97 Å². The van der Waals surface area contributed by atoms with Gasteiger partial charge in [-0.1, -0.05) is 36.4 Å². The third-order valence-corrected chi connectivity index (χ3v) is 3.82. The molecule has 112 valence electrons. The van der Waals surface area contributed by atoms with Crippen LogP contribution in [0, 0.1) is 5.92 Å². The first-order valence-electron chi connectivity index (χ1n) is 7.30. The summed E-state index contributed by atoms with van der Waals surface area (Å²) in [4.78, 5) is 19.3. The third kappa shape index (κ3) is 4.02. The average molecular weight is 286 g/mol. The van der Waals surface area contributed by atoms with Gasteiger partial charge in [-0.2, -0.15) is 0 Å². The van der Waals surface area contributed by atoms with E-state index in [0.29, 0.717) is 11.6 Å². The minimum atomic E-state index is -0.406. The minimum absolute atomic E-state index is 0.282. The SMILES string of the molecule is C=CCN1C[C@H](C)/C(=N/OC(=O)c2ccccc2)C[C@H]1C. The van der Waals surface area contributed by atoms with Crippen LogP contribution >= 0.6 is 0 Å². The number of rotatable bonds is 4. The van der Waals surface area contributed by atoms with Crippen molar-refractivity contribution >= 4 is 11.7 Å². The van der Waals surface area contributed by atoms with Crippen molar-refractivity contribution in [2.45, 2.75) is 26.3 Å². The maximum absolute atomic E-state index is 11.9. The molecule has 1 aliphatic heterocycles. The molecule has 21 heavy (non-hydrogen) atoms. The van der Waals surface area contributed by atoms with Crippen LogP contribution in [0.2, 0.25) is 0 Å². The molecule has 0 radical (unpaired) electrons. The molecule has 0 N–H and O–H groups in total. The van der Waals surface area contributed by atoms with Gasteiger partial charge in [0.05, 0.1) is 11.3 Å². The number of carbonyl (C=O) groups is 1. The molecule has 1 aromatic rings. The van der Waals surface area contributed by atoms with E-state index in [9.17, 15) is 4.79 Å². The maximum atomic E-state index is 11.9. The largest absolute Gasteiger partial charge is 0.365 e. The van der Waals surface area contributed by atoms with Crippen molar-refractivity contribution in [1.82, 2.24) is 4.90 Å². The van der Waals surface area contributed by atoms with E-state index in [1.165, 1.54) is 0 Å². The minimum Gasteiger partial charge on any atom is -0.313 e. The standard InChI is InChI=1S/C17H22N2O2/c1-4-10-19-12-13(2)16(11-14(19)3)18-21-17(20)15-8-6-5-7-9-15/h4-9,13-14H,1,10-12H2,2-3H3/b18-16+/t13-,14+/m0/s1. The highest BCUT2D eigenvalue weighted by Crippen LogP contribution is 2.20. The van der Waals surface area contributed by atoms with E-state index in [-0.39, 0.29) is 5.92 Å². The Morgan fingerprint density at radius 3 is 2.81 bits per heavy atom. The van der Waals surface area contributed by atoms with Gasteiger partial charge in [0.2, 0.25) is 0 Å². The Hall–Kier alpha value is -1.94. The lowest BCUT2D eigenvalue weighted by molar-refractivity contribution is 0.0508. The average Bonchev–Trinajstić information content (AvgIpc) is 2.50. The molecule has 1 aromatic carbocycles. The molecule has 4 nitrogen and oxygen atoms in total. The van der Waals surface area contributed by atoms with Gasteiger partial charge in [0, 0.05) is 31.5 Å². The van der Waals surface area contributed by atoms with Crippen molar-refractivity contribution in [3.8, 4) is 0 Å². The lowest BCUT2D eigenvalue weighted by atomic mass is 9.93. The van der Waals surface area contributed by atoms with Gasteiger partial charge in [-0.25, -0.2) is 4.79 Å². The first kappa shape index (κ1) is 15.4. The lowest BCUT2D eigenvalue weighted by Crippen LogP contribution is -2.45. The van der Waals surface area contributed by atoms with Crippen molar-refractivity contribution in [2.75, 3.05) is 13.1 Å².